The number of hydrogen-bond donors (Lipinski definition) is 3. The van der Waals surface area contributed by atoms with E-state index in [0.717, 1.165) is 0 Å². The zero-order chi connectivity index (χ0) is 11.1. The van der Waals surface area contributed by atoms with E-state index in [1.807, 2.05) is 0 Å². The van der Waals surface area contributed by atoms with Gasteiger partial charge in [0.2, 0.25) is 0 Å². The van der Waals surface area contributed by atoms with Crippen LogP contribution in [0.25, 0.3) is 0 Å². The molecule has 15 heavy (non-hydrogen) atoms. The number of rotatable bonds is 6. The standard InChI is InChI=1S/C9H16N4O2/c1-15-6-8(2-3-10)13-9(14)7-4-11-12-5-7/h4-5,8H,2-3,6,10H2,1H3,(H,11,12)(H,13,14). The molecule has 0 aliphatic carbocycles. The summed E-state index contributed by atoms with van der Waals surface area (Å²) in [6.45, 7) is 0.973. The normalized spacial score (nSPS) is 12.4. The van der Waals surface area contributed by atoms with Gasteiger partial charge in [-0.1, -0.05) is 0 Å². The van der Waals surface area contributed by atoms with Crippen LogP contribution in [0.3, 0.4) is 0 Å². The first-order chi connectivity index (χ1) is 7.27. The number of aromatic nitrogens is 2. The maximum Gasteiger partial charge on any atom is 0.254 e. The highest BCUT2D eigenvalue weighted by Crippen LogP contribution is 1.97. The van der Waals surface area contributed by atoms with Crippen molar-refractivity contribution in [1.82, 2.24) is 15.5 Å². The lowest BCUT2D eigenvalue weighted by Crippen LogP contribution is -2.39. The predicted molar refractivity (Wildman–Crippen MR) is 55.4 cm³/mol. The molecule has 1 aromatic heterocycles. The fraction of sp³-hybridized carbons (Fsp3) is 0.556. The van der Waals surface area contributed by atoms with E-state index >= 15 is 0 Å². The number of nitrogens with one attached hydrogen (secondary N) is 2. The minimum absolute atomic E-state index is 0.0533. The Hall–Kier alpha value is -1.40. The fourth-order valence-electron chi connectivity index (χ4n) is 1.24. The van der Waals surface area contributed by atoms with Gasteiger partial charge in [0.15, 0.2) is 0 Å². The second kappa shape index (κ2) is 6.15. The molecule has 1 aromatic rings. The van der Waals surface area contributed by atoms with Crippen LogP contribution >= 0.6 is 0 Å². The van der Waals surface area contributed by atoms with Gasteiger partial charge in [0.1, 0.15) is 0 Å². The van der Waals surface area contributed by atoms with Gasteiger partial charge in [0, 0.05) is 13.3 Å². The summed E-state index contributed by atoms with van der Waals surface area (Å²) in [5.74, 6) is -0.167. The number of carbonyl (C=O) groups is 1. The summed E-state index contributed by atoms with van der Waals surface area (Å²) < 4.78 is 4.98. The summed E-state index contributed by atoms with van der Waals surface area (Å²) in [7, 11) is 1.59. The van der Waals surface area contributed by atoms with E-state index in [4.69, 9.17) is 10.5 Å². The Kier molecular flexibility index (Phi) is 4.79. The van der Waals surface area contributed by atoms with Gasteiger partial charge in [-0.3, -0.25) is 9.89 Å². The Labute approximate surface area is 88.2 Å². The molecule has 0 saturated carbocycles. The molecule has 1 heterocycles. The Balaban J connectivity index is 2.47. The largest absolute Gasteiger partial charge is 0.383 e. The Morgan fingerprint density at radius 1 is 1.80 bits per heavy atom. The zero-order valence-electron chi connectivity index (χ0n) is 8.69. The highest BCUT2D eigenvalue weighted by atomic mass is 16.5. The average molecular weight is 212 g/mol. The first-order valence-corrected chi connectivity index (χ1v) is 4.76. The molecule has 1 amide bonds. The predicted octanol–water partition coefficient (Wildman–Crippen LogP) is -0.497. The highest BCUT2D eigenvalue weighted by molar-refractivity contribution is 5.93. The molecule has 6 nitrogen and oxygen atoms in total. The fourth-order valence-corrected chi connectivity index (χ4v) is 1.24. The minimum Gasteiger partial charge on any atom is -0.383 e. The van der Waals surface area contributed by atoms with Crippen molar-refractivity contribution in [2.24, 2.45) is 5.73 Å². The van der Waals surface area contributed by atoms with E-state index in [1.54, 1.807) is 13.3 Å². The van der Waals surface area contributed by atoms with Crippen LogP contribution in [-0.2, 0) is 4.74 Å². The van der Waals surface area contributed by atoms with Gasteiger partial charge < -0.3 is 15.8 Å². The molecule has 0 spiro atoms. The van der Waals surface area contributed by atoms with Gasteiger partial charge in [-0.25, -0.2) is 0 Å². The molecular weight excluding hydrogens is 196 g/mol. The van der Waals surface area contributed by atoms with Crippen molar-refractivity contribution in [3.05, 3.63) is 18.0 Å². The molecule has 0 fully saturated rings. The third-order valence-electron chi connectivity index (χ3n) is 1.98. The average Bonchev–Trinajstić information content (AvgIpc) is 2.71. The summed E-state index contributed by atoms with van der Waals surface area (Å²) in [4.78, 5) is 11.6. The van der Waals surface area contributed by atoms with Crippen LogP contribution < -0.4 is 11.1 Å². The van der Waals surface area contributed by atoms with Crippen LogP contribution in [0.5, 0.6) is 0 Å². The van der Waals surface area contributed by atoms with E-state index in [1.165, 1.54) is 6.20 Å². The third kappa shape index (κ3) is 3.69. The van der Waals surface area contributed by atoms with Crippen molar-refractivity contribution in [2.75, 3.05) is 20.3 Å². The Bertz CT molecular complexity index is 280. The summed E-state index contributed by atoms with van der Waals surface area (Å²) >= 11 is 0. The molecule has 0 bridgehead atoms. The number of methoxy groups -OCH3 is 1. The quantitative estimate of drug-likeness (QED) is 0.593. The van der Waals surface area contributed by atoms with Crippen molar-refractivity contribution in [3.63, 3.8) is 0 Å². The molecule has 1 rings (SSSR count). The Morgan fingerprint density at radius 3 is 3.13 bits per heavy atom. The maximum atomic E-state index is 11.6. The van der Waals surface area contributed by atoms with Crippen molar-refractivity contribution in [3.8, 4) is 0 Å². The van der Waals surface area contributed by atoms with Crippen LogP contribution in [0.1, 0.15) is 16.8 Å². The van der Waals surface area contributed by atoms with Gasteiger partial charge in [-0.15, -0.1) is 0 Å². The van der Waals surface area contributed by atoms with Crippen molar-refractivity contribution in [2.45, 2.75) is 12.5 Å². The lowest BCUT2D eigenvalue weighted by molar-refractivity contribution is 0.0893. The van der Waals surface area contributed by atoms with Gasteiger partial charge in [-0.05, 0) is 13.0 Å². The van der Waals surface area contributed by atoms with Gasteiger partial charge in [0.25, 0.3) is 5.91 Å². The SMILES string of the molecule is COCC(CCN)NC(=O)c1cn[nH]c1. The van der Waals surface area contributed by atoms with Gasteiger partial charge >= 0.3 is 0 Å². The summed E-state index contributed by atoms with van der Waals surface area (Å²) in [5, 5.41) is 9.10. The molecule has 1 unspecified atom stereocenters. The second-order valence-electron chi connectivity index (χ2n) is 3.19. The highest BCUT2D eigenvalue weighted by Gasteiger charge is 2.13. The smallest absolute Gasteiger partial charge is 0.254 e. The number of hydrogen-bond acceptors (Lipinski definition) is 4. The lowest BCUT2D eigenvalue weighted by atomic mass is 10.2. The third-order valence-corrected chi connectivity index (χ3v) is 1.98. The van der Waals surface area contributed by atoms with E-state index in [-0.39, 0.29) is 11.9 Å². The van der Waals surface area contributed by atoms with Gasteiger partial charge in [0.05, 0.1) is 24.4 Å². The van der Waals surface area contributed by atoms with Crippen LogP contribution in [0.15, 0.2) is 12.4 Å². The van der Waals surface area contributed by atoms with Crippen LogP contribution in [0, 0.1) is 0 Å². The number of carbonyl (C=O) groups excluding carboxylic acids is 1. The molecule has 1 atom stereocenters. The number of nitrogens with zero attached hydrogens (tertiary/aromatic N) is 1. The molecule has 84 valence electrons. The summed E-state index contributed by atoms with van der Waals surface area (Å²) in [5.41, 5.74) is 5.94. The van der Waals surface area contributed by atoms with E-state index in [0.29, 0.717) is 25.1 Å². The Morgan fingerprint density at radius 2 is 2.60 bits per heavy atom. The number of nitrogens with two attached hydrogens (primary N) is 1. The van der Waals surface area contributed by atoms with Crippen LogP contribution in [0.2, 0.25) is 0 Å². The number of H-pyrrole nitrogens is 1. The molecule has 0 aliphatic heterocycles. The van der Waals surface area contributed by atoms with Crippen molar-refractivity contribution < 1.29 is 9.53 Å². The van der Waals surface area contributed by atoms with Crippen LogP contribution in [0.4, 0.5) is 0 Å². The molecule has 0 radical (unpaired) electrons. The lowest BCUT2D eigenvalue weighted by Gasteiger charge is -2.16. The summed E-state index contributed by atoms with van der Waals surface area (Å²) in [6.07, 6.45) is 3.71. The molecule has 0 saturated heterocycles. The number of amides is 1. The summed E-state index contributed by atoms with van der Waals surface area (Å²) in [6, 6.07) is -0.0533. The molecule has 0 aliphatic rings. The van der Waals surface area contributed by atoms with E-state index in [2.05, 4.69) is 15.5 Å². The van der Waals surface area contributed by atoms with E-state index < -0.39 is 0 Å². The second-order valence-corrected chi connectivity index (χ2v) is 3.19. The van der Waals surface area contributed by atoms with Gasteiger partial charge in [-0.2, -0.15) is 5.10 Å². The van der Waals surface area contributed by atoms with Crippen molar-refractivity contribution >= 4 is 5.91 Å². The number of ether oxygens (including phenoxy) is 1. The first-order valence-electron chi connectivity index (χ1n) is 4.76. The first kappa shape index (κ1) is 11.7. The molecule has 0 aromatic carbocycles. The minimum atomic E-state index is -0.167. The number of aromatic amines is 1. The van der Waals surface area contributed by atoms with Crippen molar-refractivity contribution in [1.29, 1.82) is 0 Å². The van der Waals surface area contributed by atoms with E-state index in [9.17, 15) is 4.79 Å². The molecular formula is C9H16N4O2. The topological polar surface area (TPSA) is 93.0 Å². The molecule has 4 N–H and O–H groups in total. The maximum absolute atomic E-state index is 11.6. The zero-order valence-corrected chi connectivity index (χ0v) is 8.69. The van der Waals surface area contributed by atoms with Crippen LogP contribution in [-0.4, -0.2) is 42.4 Å². The monoisotopic (exact) mass is 212 g/mol. The molecule has 6 heteroatoms.